The Kier molecular flexibility index (Phi) is 5.98. The summed E-state index contributed by atoms with van der Waals surface area (Å²) < 4.78 is 13.0. The van der Waals surface area contributed by atoms with Gasteiger partial charge in [0, 0.05) is 17.6 Å². The molecule has 2 heteroatoms. The monoisotopic (exact) mass is 252 g/mol. The number of unbranched alkanes of at least 4 members (excludes halogenated alkanes) is 2. The van der Waals surface area contributed by atoms with Crippen LogP contribution in [0.15, 0.2) is 24.3 Å². The summed E-state index contributed by atoms with van der Waals surface area (Å²) in [7, 11) is -2.12. The summed E-state index contributed by atoms with van der Waals surface area (Å²) in [4.78, 5) is 0. The lowest BCUT2D eigenvalue weighted by Gasteiger charge is -2.18. The third kappa shape index (κ3) is 4.32. The fourth-order valence-electron chi connectivity index (χ4n) is 2.01. The first kappa shape index (κ1) is 14.5. The van der Waals surface area contributed by atoms with Crippen LogP contribution in [0.4, 0.5) is 0 Å². The zero-order valence-electron chi connectivity index (χ0n) is 11.4. The SMILES string of the molecule is CCCCP(=O)(CCCC)c1ccc(C)cc1. The van der Waals surface area contributed by atoms with Crippen molar-refractivity contribution in [3.8, 4) is 0 Å². The molecule has 1 aromatic carbocycles. The Labute approximate surface area is 106 Å². The predicted octanol–water partition coefficient (Wildman–Crippen LogP) is 4.58. The maximum absolute atomic E-state index is 13.0. The molecule has 0 amide bonds. The van der Waals surface area contributed by atoms with Crippen LogP contribution < -0.4 is 5.30 Å². The van der Waals surface area contributed by atoms with Gasteiger partial charge < -0.3 is 4.57 Å². The van der Waals surface area contributed by atoms with Crippen molar-refractivity contribution in [2.45, 2.75) is 46.5 Å². The second kappa shape index (κ2) is 7.01. The molecule has 0 atom stereocenters. The lowest BCUT2D eigenvalue weighted by molar-refractivity contribution is 0.576. The number of hydrogen-bond donors (Lipinski definition) is 0. The molecular weight excluding hydrogens is 227 g/mol. The van der Waals surface area contributed by atoms with Crippen molar-refractivity contribution in [3.05, 3.63) is 29.8 Å². The van der Waals surface area contributed by atoms with E-state index in [1.54, 1.807) is 0 Å². The van der Waals surface area contributed by atoms with Gasteiger partial charge in [-0.15, -0.1) is 0 Å². The van der Waals surface area contributed by atoms with Gasteiger partial charge >= 0.3 is 0 Å². The van der Waals surface area contributed by atoms with Gasteiger partial charge in [-0.2, -0.15) is 0 Å². The van der Waals surface area contributed by atoms with Crippen LogP contribution in [0.1, 0.15) is 45.1 Å². The van der Waals surface area contributed by atoms with Crippen LogP contribution in [0.5, 0.6) is 0 Å². The lowest BCUT2D eigenvalue weighted by atomic mass is 10.2. The largest absolute Gasteiger partial charge is 0.319 e. The molecular formula is C15H25OP. The van der Waals surface area contributed by atoms with Crippen LogP contribution in [0.3, 0.4) is 0 Å². The van der Waals surface area contributed by atoms with E-state index in [1.807, 2.05) is 0 Å². The molecule has 0 aliphatic heterocycles. The molecule has 0 saturated heterocycles. The minimum atomic E-state index is -2.12. The van der Waals surface area contributed by atoms with Crippen molar-refractivity contribution >= 4 is 12.4 Å². The number of benzene rings is 1. The van der Waals surface area contributed by atoms with Gasteiger partial charge in [0.2, 0.25) is 0 Å². The van der Waals surface area contributed by atoms with Crippen LogP contribution in [-0.2, 0) is 4.57 Å². The first-order valence-electron chi connectivity index (χ1n) is 6.77. The zero-order valence-corrected chi connectivity index (χ0v) is 12.3. The Hall–Kier alpha value is -0.550. The minimum Gasteiger partial charge on any atom is -0.319 e. The lowest BCUT2D eigenvalue weighted by Crippen LogP contribution is -2.11. The molecule has 96 valence electrons. The highest BCUT2D eigenvalue weighted by Crippen LogP contribution is 2.46. The van der Waals surface area contributed by atoms with Crippen molar-refractivity contribution in [1.82, 2.24) is 0 Å². The van der Waals surface area contributed by atoms with E-state index in [-0.39, 0.29) is 0 Å². The van der Waals surface area contributed by atoms with E-state index in [0.717, 1.165) is 43.3 Å². The molecule has 0 saturated carbocycles. The van der Waals surface area contributed by atoms with Gasteiger partial charge in [-0.25, -0.2) is 0 Å². The van der Waals surface area contributed by atoms with Crippen LogP contribution >= 0.6 is 7.14 Å². The highest BCUT2D eigenvalue weighted by Gasteiger charge is 2.22. The summed E-state index contributed by atoms with van der Waals surface area (Å²) >= 11 is 0. The summed E-state index contributed by atoms with van der Waals surface area (Å²) in [5.74, 6) is 0. The van der Waals surface area contributed by atoms with Crippen molar-refractivity contribution < 1.29 is 4.57 Å². The third-order valence-electron chi connectivity index (χ3n) is 3.25. The molecule has 0 aromatic heterocycles. The first-order valence-corrected chi connectivity index (χ1v) is 8.85. The second-order valence-corrected chi connectivity index (χ2v) is 8.07. The number of rotatable bonds is 7. The molecule has 0 aliphatic rings. The van der Waals surface area contributed by atoms with Crippen molar-refractivity contribution in [2.24, 2.45) is 0 Å². The quantitative estimate of drug-likeness (QED) is 0.649. The summed E-state index contributed by atoms with van der Waals surface area (Å²) in [5, 5.41) is 1.09. The Morgan fingerprint density at radius 2 is 1.41 bits per heavy atom. The zero-order chi connectivity index (χ0) is 12.7. The fraction of sp³-hybridized carbons (Fsp3) is 0.600. The van der Waals surface area contributed by atoms with E-state index in [2.05, 4.69) is 45.0 Å². The molecule has 0 spiro atoms. The molecule has 1 rings (SSSR count). The maximum Gasteiger partial charge on any atom is 0.115 e. The Morgan fingerprint density at radius 3 is 1.82 bits per heavy atom. The normalized spacial score (nSPS) is 11.7. The van der Waals surface area contributed by atoms with E-state index in [4.69, 9.17) is 0 Å². The Balaban J connectivity index is 2.88. The summed E-state index contributed by atoms with van der Waals surface area (Å²) in [5.41, 5.74) is 1.24. The topological polar surface area (TPSA) is 17.1 Å². The molecule has 1 nitrogen and oxygen atoms in total. The van der Waals surface area contributed by atoms with Crippen LogP contribution in [0.25, 0.3) is 0 Å². The van der Waals surface area contributed by atoms with Crippen molar-refractivity contribution in [2.75, 3.05) is 12.3 Å². The third-order valence-corrected chi connectivity index (χ3v) is 6.57. The molecule has 0 radical (unpaired) electrons. The Morgan fingerprint density at radius 1 is 0.941 bits per heavy atom. The summed E-state index contributed by atoms with van der Waals surface area (Å²) in [6, 6.07) is 8.31. The van der Waals surface area contributed by atoms with E-state index in [0.29, 0.717) is 0 Å². The van der Waals surface area contributed by atoms with Gasteiger partial charge in [0.05, 0.1) is 0 Å². The summed E-state index contributed by atoms with van der Waals surface area (Å²) in [6.07, 6.45) is 6.17. The molecule has 0 fully saturated rings. The molecule has 0 unspecified atom stereocenters. The maximum atomic E-state index is 13.0. The number of aryl methyl sites for hydroxylation is 1. The van der Waals surface area contributed by atoms with Crippen molar-refractivity contribution in [1.29, 1.82) is 0 Å². The van der Waals surface area contributed by atoms with Gasteiger partial charge in [-0.1, -0.05) is 56.5 Å². The molecule has 0 bridgehead atoms. The van der Waals surface area contributed by atoms with Crippen LogP contribution in [0, 0.1) is 6.92 Å². The molecule has 0 aliphatic carbocycles. The van der Waals surface area contributed by atoms with Gasteiger partial charge in [-0.05, 0) is 19.8 Å². The molecule has 0 N–H and O–H groups in total. The number of hydrogen-bond acceptors (Lipinski definition) is 1. The smallest absolute Gasteiger partial charge is 0.115 e. The fourth-order valence-corrected chi connectivity index (χ4v) is 5.10. The van der Waals surface area contributed by atoms with Gasteiger partial charge in [0.1, 0.15) is 7.14 Å². The highest BCUT2D eigenvalue weighted by atomic mass is 31.2. The average Bonchev–Trinajstić information content (AvgIpc) is 2.34. The van der Waals surface area contributed by atoms with E-state index in [1.165, 1.54) is 5.56 Å². The standard InChI is InChI=1S/C15H25OP/c1-4-6-12-17(16,13-7-5-2)15-10-8-14(3)9-11-15/h8-11H,4-7,12-13H2,1-3H3. The predicted molar refractivity (Wildman–Crippen MR) is 78.0 cm³/mol. The van der Waals surface area contributed by atoms with Gasteiger partial charge in [0.15, 0.2) is 0 Å². The Bertz CT molecular complexity index is 355. The first-order chi connectivity index (χ1) is 8.12. The van der Waals surface area contributed by atoms with Crippen LogP contribution in [-0.4, -0.2) is 12.3 Å². The van der Waals surface area contributed by atoms with E-state index >= 15 is 0 Å². The van der Waals surface area contributed by atoms with E-state index in [9.17, 15) is 4.57 Å². The van der Waals surface area contributed by atoms with E-state index < -0.39 is 7.14 Å². The second-order valence-electron chi connectivity index (χ2n) is 4.88. The highest BCUT2D eigenvalue weighted by molar-refractivity contribution is 7.71. The molecule has 1 aromatic rings. The average molecular weight is 252 g/mol. The van der Waals surface area contributed by atoms with Gasteiger partial charge in [0.25, 0.3) is 0 Å². The summed E-state index contributed by atoms with van der Waals surface area (Å²) in [6.45, 7) is 6.41. The van der Waals surface area contributed by atoms with Crippen LogP contribution in [0.2, 0.25) is 0 Å². The van der Waals surface area contributed by atoms with Gasteiger partial charge in [-0.3, -0.25) is 0 Å². The minimum absolute atomic E-state index is 0.882. The van der Waals surface area contributed by atoms with Crippen molar-refractivity contribution in [3.63, 3.8) is 0 Å². The molecule has 0 heterocycles. The molecule has 17 heavy (non-hydrogen) atoms.